The van der Waals surface area contributed by atoms with Gasteiger partial charge in [-0.15, -0.1) is 47.5 Å². The zero-order valence-corrected chi connectivity index (χ0v) is 23.3. The SMILES string of the molecule is COc1ccc(C(=O)/C=C/[c-]2cccc2)c(OC)c1.COc1ccc(C(=O)/C=C/[c-]2cccc2)c(OC)c1.[Fe+2]. The summed E-state index contributed by atoms with van der Waals surface area (Å²) in [5.74, 6) is 2.15. The average Bonchev–Trinajstić information content (AvgIpc) is 3.69. The second-order valence-corrected chi connectivity index (χ2v) is 7.96. The van der Waals surface area contributed by atoms with Crippen molar-refractivity contribution >= 4 is 23.7 Å². The van der Waals surface area contributed by atoms with Crippen molar-refractivity contribution in [1.82, 2.24) is 0 Å². The Bertz CT molecular complexity index is 1270. The van der Waals surface area contributed by atoms with Crippen molar-refractivity contribution < 1.29 is 45.6 Å². The fourth-order valence-electron chi connectivity index (χ4n) is 3.53. The largest absolute Gasteiger partial charge is 2.00 e. The molecule has 4 aromatic carbocycles. The van der Waals surface area contributed by atoms with Gasteiger partial charge in [-0.25, -0.2) is 0 Å². The van der Waals surface area contributed by atoms with Gasteiger partial charge >= 0.3 is 17.1 Å². The third kappa shape index (κ3) is 8.88. The monoisotopic (exact) mass is 566 g/mol. The number of hydrogen-bond donors (Lipinski definition) is 0. The van der Waals surface area contributed by atoms with Crippen LogP contribution in [0.1, 0.15) is 31.8 Å². The number of ketones is 2. The number of methoxy groups -OCH3 is 4. The standard InChI is InChI=1S/2C16H15O3.Fe/c2*1-18-13-8-9-14(16(11-13)19-2)15(17)10-7-12-5-3-4-6-12;/h2*3-11H,1-2H3;/q2*-1;+2/b2*10-7+;. The average molecular weight is 566 g/mol. The summed E-state index contributed by atoms with van der Waals surface area (Å²) < 4.78 is 20.6. The normalized spacial score (nSPS) is 10.4. The van der Waals surface area contributed by atoms with Crippen LogP contribution in [0, 0.1) is 0 Å². The molecule has 0 aliphatic carbocycles. The molecule has 0 atom stereocenters. The molecule has 0 fully saturated rings. The Kier molecular flexibility index (Phi) is 12.5. The summed E-state index contributed by atoms with van der Waals surface area (Å²) >= 11 is 0. The van der Waals surface area contributed by atoms with E-state index in [0.29, 0.717) is 34.1 Å². The first-order chi connectivity index (χ1) is 18.5. The van der Waals surface area contributed by atoms with Crippen molar-refractivity contribution in [3.05, 3.63) is 119 Å². The first kappa shape index (κ1) is 30.9. The number of hydrogen-bond acceptors (Lipinski definition) is 6. The minimum Gasteiger partial charge on any atom is -0.497 e. The Hall–Kier alpha value is -4.32. The predicted molar refractivity (Wildman–Crippen MR) is 150 cm³/mol. The summed E-state index contributed by atoms with van der Waals surface area (Å²) in [5.41, 5.74) is 3.04. The second kappa shape index (κ2) is 15.8. The molecule has 0 aliphatic rings. The van der Waals surface area contributed by atoms with Crippen LogP contribution in [0.5, 0.6) is 23.0 Å². The Morgan fingerprint density at radius 2 is 0.949 bits per heavy atom. The van der Waals surface area contributed by atoms with Crippen molar-refractivity contribution in [2.45, 2.75) is 0 Å². The Morgan fingerprint density at radius 3 is 1.26 bits per heavy atom. The van der Waals surface area contributed by atoms with Crippen molar-refractivity contribution in [3.63, 3.8) is 0 Å². The van der Waals surface area contributed by atoms with Gasteiger partial charge in [0.15, 0.2) is 0 Å². The van der Waals surface area contributed by atoms with Crippen LogP contribution >= 0.6 is 0 Å². The van der Waals surface area contributed by atoms with Gasteiger partial charge in [0.05, 0.1) is 39.6 Å². The minimum atomic E-state index is -0.0966. The molecule has 0 amide bonds. The molecule has 0 radical (unpaired) electrons. The molecular weight excluding hydrogens is 536 g/mol. The van der Waals surface area contributed by atoms with E-state index < -0.39 is 0 Å². The van der Waals surface area contributed by atoms with Gasteiger partial charge < -0.3 is 28.5 Å². The van der Waals surface area contributed by atoms with Gasteiger partial charge in [-0.1, -0.05) is 12.2 Å². The quantitative estimate of drug-likeness (QED) is 0.0929. The summed E-state index contributed by atoms with van der Waals surface area (Å²) in [7, 11) is 6.22. The molecule has 4 aromatic rings. The molecule has 4 rings (SSSR count). The van der Waals surface area contributed by atoms with Crippen LogP contribution in [0.4, 0.5) is 0 Å². The maximum absolute atomic E-state index is 12.1. The van der Waals surface area contributed by atoms with Gasteiger partial charge in [0.1, 0.15) is 34.6 Å². The van der Waals surface area contributed by atoms with E-state index in [4.69, 9.17) is 18.9 Å². The topological polar surface area (TPSA) is 71.1 Å². The van der Waals surface area contributed by atoms with Crippen LogP contribution < -0.4 is 18.9 Å². The molecule has 0 heterocycles. The number of benzene rings is 2. The first-order valence-corrected chi connectivity index (χ1v) is 11.8. The fourth-order valence-corrected chi connectivity index (χ4v) is 3.53. The molecule has 0 spiro atoms. The van der Waals surface area contributed by atoms with Crippen LogP contribution in [-0.4, -0.2) is 40.0 Å². The molecule has 39 heavy (non-hydrogen) atoms. The second-order valence-electron chi connectivity index (χ2n) is 7.96. The number of allylic oxidation sites excluding steroid dienone is 2. The summed E-state index contributed by atoms with van der Waals surface area (Å²) in [5, 5.41) is 0. The molecular formula is C32H30FeO6. The summed E-state index contributed by atoms with van der Waals surface area (Å²) in [6, 6.07) is 25.8. The molecule has 202 valence electrons. The van der Waals surface area contributed by atoms with Crippen molar-refractivity contribution in [1.29, 1.82) is 0 Å². The van der Waals surface area contributed by atoms with Gasteiger partial charge in [-0.3, -0.25) is 0 Å². The first-order valence-electron chi connectivity index (χ1n) is 11.8. The van der Waals surface area contributed by atoms with Crippen molar-refractivity contribution in [2.24, 2.45) is 0 Å². The number of ether oxygens (including phenoxy) is 4. The van der Waals surface area contributed by atoms with E-state index >= 15 is 0 Å². The van der Waals surface area contributed by atoms with Crippen molar-refractivity contribution in [2.75, 3.05) is 28.4 Å². The van der Waals surface area contributed by atoms with Gasteiger partial charge in [-0.05, 0) is 24.3 Å². The number of carbonyl (C=O) groups excluding carboxylic acids is 2. The predicted octanol–water partition coefficient (Wildman–Crippen LogP) is 6.64. The van der Waals surface area contributed by atoms with E-state index in [1.165, 1.54) is 14.2 Å². The number of carbonyl (C=O) groups is 2. The molecule has 0 N–H and O–H groups in total. The molecule has 0 bridgehead atoms. The van der Waals surface area contributed by atoms with Crippen LogP contribution in [0.3, 0.4) is 0 Å². The Morgan fingerprint density at radius 1 is 0.590 bits per heavy atom. The molecule has 0 aliphatic heterocycles. The van der Waals surface area contributed by atoms with Gasteiger partial charge in [0, 0.05) is 12.1 Å². The van der Waals surface area contributed by atoms with Gasteiger partial charge in [0.2, 0.25) is 0 Å². The summed E-state index contributed by atoms with van der Waals surface area (Å²) in [4.78, 5) is 24.2. The zero-order chi connectivity index (χ0) is 27.3. The molecule has 7 heteroatoms. The molecule has 6 nitrogen and oxygen atoms in total. The summed E-state index contributed by atoms with van der Waals surface area (Å²) in [6.45, 7) is 0. The van der Waals surface area contributed by atoms with E-state index in [2.05, 4.69) is 0 Å². The molecule has 0 saturated heterocycles. The van der Waals surface area contributed by atoms with E-state index in [-0.39, 0.29) is 28.6 Å². The molecule has 0 unspecified atom stereocenters. The van der Waals surface area contributed by atoms with Crippen LogP contribution in [0.2, 0.25) is 0 Å². The maximum atomic E-state index is 12.1. The Labute approximate surface area is 239 Å². The van der Waals surface area contributed by atoms with Crippen LogP contribution in [0.25, 0.3) is 12.2 Å². The van der Waals surface area contributed by atoms with Crippen LogP contribution in [-0.2, 0) is 17.1 Å². The van der Waals surface area contributed by atoms with Gasteiger partial charge in [-0.2, -0.15) is 24.3 Å². The third-order valence-electron chi connectivity index (χ3n) is 5.58. The Balaban J connectivity index is 0.000000267. The van der Waals surface area contributed by atoms with Crippen molar-refractivity contribution in [3.8, 4) is 23.0 Å². The van der Waals surface area contributed by atoms with E-state index in [0.717, 1.165) is 11.1 Å². The number of rotatable bonds is 10. The molecule has 0 saturated carbocycles. The minimum absolute atomic E-state index is 0. The van der Waals surface area contributed by atoms with E-state index in [9.17, 15) is 9.59 Å². The fraction of sp³-hybridized carbons (Fsp3) is 0.125. The van der Waals surface area contributed by atoms with E-state index in [1.807, 2.05) is 48.5 Å². The smallest absolute Gasteiger partial charge is 0.497 e. The maximum Gasteiger partial charge on any atom is 2.00 e. The van der Waals surface area contributed by atoms with Crippen LogP contribution in [0.15, 0.2) is 97.1 Å². The summed E-state index contributed by atoms with van der Waals surface area (Å²) in [6.07, 6.45) is 6.65. The van der Waals surface area contributed by atoms with E-state index in [1.54, 1.807) is 74.9 Å². The molecule has 0 aromatic heterocycles. The zero-order valence-electron chi connectivity index (χ0n) is 22.2. The third-order valence-corrected chi connectivity index (χ3v) is 5.58. The van der Waals surface area contributed by atoms with Gasteiger partial charge in [0.25, 0.3) is 0 Å².